The molecule has 1 heteroatoms. The summed E-state index contributed by atoms with van der Waals surface area (Å²) in [6.07, 6.45) is 11.4. The molecule has 2 aliphatic rings. The largest absolute Gasteiger partial charge is 0.295 e. The van der Waals surface area contributed by atoms with Crippen molar-refractivity contribution in [2.45, 2.75) is 38.5 Å². The lowest BCUT2D eigenvalue weighted by molar-refractivity contribution is -0.116. The van der Waals surface area contributed by atoms with Crippen molar-refractivity contribution in [1.82, 2.24) is 0 Å². The van der Waals surface area contributed by atoms with Gasteiger partial charge in [0.15, 0.2) is 5.78 Å². The number of allylic oxidation sites excluding steroid dienone is 2. The van der Waals surface area contributed by atoms with Crippen LogP contribution in [0.3, 0.4) is 0 Å². The molecule has 12 heavy (non-hydrogen) atoms. The smallest absolute Gasteiger partial charge is 0.158 e. The van der Waals surface area contributed by atoms with Crippen molar-refractivity contribution in [3.8, 4) is 0 Å². The maximum atomic E-state index is 11.4. The first kappa shape index (κ1) is 8.03. The zero-order valence-electron chi connectivity index (χ0n) is 7.46. The molecule has 0 aromatic carbocycles. The average molecular weight is 164 g/mol. The van der Waals surface area contributed by atoms with Crippen LogP contribution in [-0.4, -0.2) is 5.78 Å². The van der Waals surface area contributed by atoms with Gasteiger partial charge < -0.3 is 0 Å². The van der Waals surface area contributed by atoms with Gasteiger partial charge in [0, 0.05) is 5.92 Å². The van der Waals surface area contributed by atoms with Gasteiger partial charge in [0.05, 0.1) is 0 Å². The molecule has 2 rings (SSSR count). The highest BCUT2D eigenvalue weighted by atomic mass is 16.1. The fraction of sp³-hybridized carbons (Fsp3) is 0.727. The van der Waals surface area contributed by atoms with E-state index in [2.05, 4.69) is 6.08 Å². The third kappa shape index (κ3) is 1.77. The maximum absolute atomic E-state index is 11.4. The van der Waals surface area contributed by atoms with Gasteiger partial charge >= 0.3 is 0 Å². The number of carbonyl (C=O) groups excluding carboxylic acids is 1. The van der Waals surface area contributed by atoms with E-state index in [1.165, 1.54) is 32.1 Å². The van der Waals surface area contributed by atoms with E-state index in [9.17, 15) is 4.79 Å². The first-order chi connectivity index (χ1) is 5.88. The van der Waals surface area contributed by atoms with Crippen LogP contribution in [-0.2, 0) is 4.79 Å². The molecule has 0 unspecified atom stereocenters. The summed E-state index contributed by atoms with van der Waals surface area (Å²) in [5.74, 6) is 1.56. The molecule has 2 aliphatic carbocycles. The summed E-state index contributed by atoms with van der Waals surface area (Å²) in [5, 5.41) is 0. The maximum Gasteiger partial charge on any atom is 0.158 e. The van der Waals surface area contributed by atoms with Crippen molar-refractivity contribution in [2.75, 3.05) is 0 Å². The van der Waals surface area contributed by atoms with Gasteiger partial charge in [-0.3, -0.25) is 4.79 Å². The van der Waals surface area contributed by atoms with Gasteiger partial charge in [-0.2, -0.15) is 0 Å². The molecular weight excluding hydrogens is 148 g/mol. The van der Waals surface area contributed by atoms with Gasteiger partial charge in [0.25, 0.3) is 0 Å². The number of carbonyl (C=O) groups is 1. The Morgan fingerprint density at radius 1 is 1.25 bits per heavy atom. The summed E-state index contributed by atoms with van der Waals surface area (Å²) < 4.78 is 0. The molecule has 2 atom stereocenters. The van der Waals surface area contributed by atoms with E-state index in [1.54, 1.807) is 0 Å². The van der Waals surface area contributed by atoms with Crippen molar-refractivity contribution in [3.63, 3.8) is 0 Å². The average Bonchev–Trinajstić information content (AvgIpc) is 2.82. The van der Waals surface area contributed by atoms with Gasteiger partial charge in [-0.05, 0) is 37.7 Å². The van der Waals surface area contributed by atoms with Crippen molar-refractivity contribution < 1.29 is 4.79 Å². The molecule has 0 bridgehead atoms. The summed E-state index contributed by atoms with van der Waals surface area (Å²) in [4.78, 5) is 11.4. The minimum absolute atomic E-state index is 0.391. The summed E-state index contributed by atoms with van der Waals surface area (Å²) in [6, 6.07) is 0. The number of hydrogen-bond acceptors (Lipinski definition) is 1. The van der Waals surface area contributed by atoms with Crippen LogP contribution in [0.5, 0.6) is 0 Å². The molecule has 0 aromatic heterocycles. The predicted molar refractivity (Wildman–Crippen MR) is 48.8 cm³/mol. The quantitative estimate of drug-likeness (QED) is 0.538. The fourth-order valence-corrected chi connectivity index (χ4v) is 2.08. The van der Waals surface area contributed by atoms with E-state index in [1.807, 2.05) is 6.08 Å². The molecule has 1 saturated carbocycles. The van der Waals surface area contributed by atoms with Crippen LogP contribution in [0.15, 0.2) is 12.2 Å². The van der Waals surface area contributed by atoms with Crippen LogP contribution >= 0.6 is 0 Å². The second kappa shape index (κ2) is 3.42. The van der Waals surface area contributed by atoms with E-state index < -0.39 is 0 Å². The van der Waals surface area contributed by atoms with Crippen LogP contribution in [0.1, 0.15) is 38.5 Å². The summed E-state index contributed by atoms with van der Waals surface area (Å²) >= 11 is 0. The first-order valence-electron chi connectivity index (χ1n) is 5.08. The molecule has 0 aliphatic heterocycles. The highest BCUT2D eigenvalue weighted by molar-refractivity contribution is 5.93. The molecule has 0 heterocycles. The predicted octanol–water partition coefficient (Wildman–Crippen LogP) is 2.71. The molecule has 0 amide bonds. The van der Waals surface area contributed by atoms with Gasteiger partial charge in [-0.1, -0.05) is 18.9 Å². The van der Waals surface area contributed by atoms with Crippen molar-refractivity contribution in [2.24, 2.45) is 11.8 Å². The van der Waals surface area contributed by atoms with Crippen LogP contribution in [0.2, 0.25) is 0 Å². The van der Waals surface area contributed by atoms with Crippen LogP contribution < -0.4 is 0 Å². The Hall–Kier alpha value is -0.590. The van der Waals surface area contributed by atoms with Crippen LogP contribution in [0.4, 0.5) is 0 Å². The van der Waals surface area contributed by atoms with E-state index in [0.29, 0.717) is 11.7 Å². The summed E-state index contributed by atoms with van der Waals surface area (Å²) in [5.41, 5.74) is 0. The normalized spacial score (nSPS) is 38.5. The van der Waals surface area contributed by atoms with Gasteiger partial charge in [-0.15, -0.1) is 0 Å². The van der Waals surface area contributed by atoms with E-state index >= 15 is 0 Å². The molecule has 1 fully saturated rings. The van der Waals surface area contributed by atoms with E-state index in [0.717, 1.165) is 12.3 Å². The molecule has 1 nitrogen and oxygen atoms in total. The number of rotatable bonds is 0. The van der Waals surface area contributed by atoms with Crippen molar-refractivity contribution in [3.05, 3.63) is 12.2 Å². The zero-order valence-corrected chi connectivity index (χ0v) is 7.46. The van der Waals surface area contributed by atoms with Crippen LogP contribution in [0, 0.1) is 11.8 Å². The highest BCUT2D eigenvalue weighted by Crippen LogP contribution is 2.43. The first-order valence-corrected chi connectivity index (χ1v) is 5.08. The Labute approximate surface area is 73.8 Å². The second-order valence-electron chi connectivity index (χ2n) is 4.05. The fourth-order valence-electron chi connectivity index (χ4n) is 2.08. The van der Waals surface area contributed by atoms with Crippen molar-refractivity contribution >= 4 is 5.78 Å². The summed E-state index contributed by atoms with van der Waals surface area (Å²) in [6.45, 7) is 0. The number of fused-ring (bicyclic) bond motifs is 1. The third-order valence-electron chi connectivity index (χ3n) is 3.02. The minimum Gasteiger partial charge on any atom is -0.295 e. The Kier molecular flexibility index (Phi) is 2.29. The second-order valence-corrected chi connectivity index (χ2v) is 4.05. The van der Waals surface area contributed by atoms with Gasteiger partial charge in [0.2, 0.25) is 0 Å². The lowest BCUT2D eigenvalue weighted by Crippen LogP contribution is -1.98. The topological polar surface area (TPSA) is 17.1 Å². The highest BCUT2D eigenvalue weighted by Gasteiger charge is 2.40. The van der Waals surface area contributed by atoms with E-state index in [4.69, 9.17) is 0 Å². The van der Waals surface area contributed by atoms with E-state index in [-0.39, 0.29) is 0 Å². The van der Waals surface area contributed by atoms with Gasteiger partial charge in [-0.25, -0.2) is 0 Å². The summed E-state index contributed by atoms with van der Waals surface area (Å²) in [7, 11) is 0. The van der Waals surface area contributed by atoms with Crippen molar-refractivity contribution in [1.29, 1.82) is 0 Å². The molecule has 0 aromatic rings. The zero-order chi connectivity index (χ0) is 8.39. The number of ketones is 1. The third-order valence-corrected chi connectivity index (χ3v) is 3.02. The SMILES string of the molecule is O=C1/C=C\CCCCC[C@H]2C[C@H]12. The monoisotopic (exact) mass is 164 g/mol. The molecule has 0 N–H and O–H groups in total. The molecule has 0 radical (unpaired) electrons. The minimum atomic E-state index is 0.391. The van der Waals surface area contributed by atoms with Crippen LogP contribution in [0.25, 0.3) is 0 Å². The lowest BCUT2D eigenvalue weighted by Gasteiger charge is -2.00. The molecular formula is C11H16O. The Balaban J connectivity index is 1.95. The standard InChI is InChI=1S/C11H16O/c12-11-7-5-3-1-2-4-6-9-8-10(9)11/h5,7,9-10H,1-4,6,8H2/b7-5-/t9-,10-/m0/s1. The molecule has 0 spiro atoms. The Bertz CT molecular complexity index is 205. The molecule has 66 valence electrons. The number of hydrogen-bond donors (Lipinski definition) is 0. The van der Waals surface area contributed by atoms with Gasteiger partial charge in [0.1, 0.15) is 0 Å². The lowest BCUT2D eigenvalue weighted by atomic mass is 10.0. The Morgan fingerprint density at radius 3 is 3.08 bits per heavy atom. The Morgan fingerprint density at radius 2 is 2.17 bits per heavy atom. The molecule has 0 saturated heterocycles.